The summed E-state index contributed by atoms with van der Waals surface area (Å²) >= 11 is 0. The van der Waals surface area contributed by atoms with Crippen LogP contribution in [0.5, 0.6) is 11.5 Å². The number of phenols is 2. The van der Waals surface area contributed by atoms with Gasteiger partial charge < -0.3 is 15.3 Å². The van der Waals surface area contributed by atoms with Crippen LogP contribution in [0, 0.1) is 0 Å². The van der Waals surface area contributed by atoms with Gasteiger partial charge in [-0.25, -0.2) is 0 Å². The topological polar surface area (TPSA) is 94.8 Å². The van der Waals surface area contributed by atoms with Crippen LogP contribution in [0.1, 0.15) is 42.1 Å². The van der Waals surface area contributed by atoms with E-state index in [1.54, 1.807) is 25.1 Å². The lowest BCUT2D eigenvalue weighted by molar-refractivity contribution is -0.118. The molecule has 0 heterocycles. The maximum absolute atomic E-state index is 12.6. The SMILES string of the molecule is C[C@@]1(O)CC(=O)C2=C(CC(=O)c3c2cc2cccc(O)c2c3O)C1. The Hall–Kier alpha value is -2.66. The number of hydrogen-bond acceptors (Lipinski definition) is 5. The molecular formula is C19H16O5. The molecule has 0 fully saturated rings. The van der Waals surface area contributed by atoms with Gasteiger partial charge in [0.1, 0.15) is 11.5 Å². The Morgan fingerprint density at radius 3 is 2.58 bits per heavy atom. The summed E-state index contributed by atoms with van der Waals surface area (Å²) in [4.78, 5) is 25.1. The molecule has 0 amide bonds. The number of benzene rings is 2. The van der Waals surface area contributed by atoms with E-state index in [2.05, 4.69) is 0 Å². The highest BCUT2D eigenvalue weighted by atomic mass is 16.3. The second-order valence-electron chi connectivity index (χ2n) is 6.88. The van der Waals surface area contributed by atoms with Crippen molar-refractivity contribution in [3.8, 4) is 11.5 Å². The van der Waals surface area contributed by atoms with Crippen LogP contribution in [0.3, 0.4) is 0 Å². The number of allylic oxidation sites excluding steroid dienone is 1. The molecule has 0 aromatic heterocycles. The van der Waals surface area contributed by atoms with Crippen LogP contribution in [-0.2, 0) is 4.79 Å². The van der Waals surface area contributed by atoms with Crippen molar-refractivity contribution in [3.05, 3.63) is 41.0 Å². The van der Waals surface area contributed by atoms with E-state index in [-0.39, 0.29) is 53.3 Å². The maximum Gasteiger partial charge on any atom is 0.171 e. The van der Waals surface area contributed by atoms with Crippen molar-refractivity contribution in [1.82, 2.24) is 0 Å². The van der Waals surface area contributed by atoms with Crippen LogP contribution >= 0.6 is 0 Å². The first-order valence-corrected chi connectivity index (χ1v) is 7.77. The lowest BCUT2D eigenvalue weighted by Crippen LogP contribution is -2.35. The van der Waals surface area contributed by atoms with E-state index in [4.69, 9.17) is 0 Å². The number of hydrogen-bond donors (Lipinski definition) is 3. The zero-order valence-corrected chi connectivity index (χ0v) is 13.1. The van der Waals surface area contributed by atoms with E-state index in [0.29, 0.717) is 22.1 Å². The zero-order valence-electron chi connectivity index (χ0n) is 13.1. The molecule has 5 heteroatoms. The molecule has 0 saturated heterocycles. The molecule has 0 unspecified atom stereocenters. The number of aliphatic hydroxyl groups is 1. The Kier molecular flexibility index (Phi) is 2.90. The number of phenolic OH excluding ortho intramolecular Hbond substituents is 2. The van der Waals surface area contributed by atoms with Crippen LogP contribution in [0.25, 0.3) is 16.3 Å². The summed E-state index contributed by atoms with van der Waals surface area (Å²) in [5, 5.41) is 31.6. The van der Waals surface area contributed by atoms with Gasteiger partial charge in [-0.1, -0.05) is 12.1 Å². The van der Waals surface area contributed by atoms with Gasteiger partial charge in [0.15, 0.2) is 11.6 Å². The molecule has 3 N–H and O–H groups in total. The standard InChI is InChI=1S/C19H16O5/c1-19(24)7-10-6-13(21)17-11(15(10)14(22)8-19)5-9-3-2-4-12(20)16(9)18(17)23/h2-5,20,23-24H,6-8H2,1H3/t19-/m0/s1. The largest absolute Gasteiger partial charge is 0.507 e. The first kappa shape index (κ1) is 14.9. The minimum atomic E-state index is -1.15. The van der Waals surface area contributed by atoms with Gasteiger partial charge in [-0.2, -0.15) is 0 Å². The fraction of sp³-hybridized carbons (Fsp3) is 0.263. The van der Waals surface area contributed by atoms with Gasteiger partial charge in [-0.3, -0.25) is 9.59 Å². The molecule has 0 radical (unpaired) electrons. The van der Waals surface area contributed by atoms with E-state index in [9.17, 15) is 24.9 Å². The highest BCUT2D eigenvalue weighted by Gasteiger charge is 2.40. The molecule has 24 heavy (non-hydrogen) atoms. The Bertz CT molecular complexity index is 965. The Morgan fingerprint density at radius 2 is 1.83 bits per heavy atom. The van der Waals surface area contributed by atoms with Crippen molar-refractivity contribution in [2.24, 2.45) is 0 Å². The average Bonchev–Trinajstić information content (AvgIpc) is 2.44. The number of Topliss-reactive ketones (excluding diaryl/α,β-unsaturated/α-hetero) is 2. The second kappa shape index (κ2) is 4.68. The number of rotatable bonds is 0. The van der Waals surface area contributed by atoms with Crippen molar-refractivity contribution in [1.29, 1.82) is 0 Å². The average molecular weight is 324 g/mol. The Balaban J connectivity index is 2.07. The van der Waals surface area contributed by atoms with Gasteiger partial charge in [-0.05, 0) is 36.4 Å². The summed E-state index contributed by atoms with van der Waals surface area (Å²) in [6.45, 7) is 1.59. The van der Waals surface area contributed by atoms with Crippen LogP contribution in [-0.4, -0.2) is 32.5 Å². The summed E-state index contributed by atoms with van der Waals surface area (Å²) in [6.07, 6.45) is 0.243. The fourth-order valence-electron chi connectivity index (χ4n) is 3.91. The lowest BCUT2D eigenvalue weighted by atomic mass is 9.72. The summed E-state index contributed by atoms with van der Waals surface area (Å²) in [7, 11) is 0. The Labute approximate surface area is 137 Å². The molecule has 5 nitrogen and oxygen atoms in total. The van der Waals surface area contributed by atoms with Crippen molar-refractivity contribution in [3.63, 3.8) is 0 Å². The second-order valence-corrected chi connectivity index (χ2v) is 6.88. The third kappa shape index (κ3) is 1.98. The van der Waals surface area contributed by atoms with Crippen molar-refractivity contribution in [2.75, 3.05) is 0 Å². The molecule has 1 atom stereocenters. The number of fused-ring (bicyclic) bond motifs is 3. The van der Waals surface area contributed by atoms with E-state index in [0.717, 1.165) is 0 Å². The van der Waals surface area contributed by atoms with Gasteiger partial charge in [0, 0.05) is 24.0 Å². The molecule has 0 aliphatic heterocycles. The summed E-state index contributed by atoms with van der Waals surface area (Å²) in [5.74, 6) is -0.939. The van der Waals surface area contributed by atoms with Crippen molar-refractivity contribution in [2.45, 2.75) is 31.8 Å². The number of carbonyl (C=O) groups excluding carboxylic acids is 2. The monoisotopic (exact) mass is 324 g/mol. The van der Waals surface area contributed by atoms with Gasteiger partial charge in [0.2, 0.25) is 0 Å². The summed E-state index contributed by atoms with van der Waals surface area (Å²) in [5.41, 5.74) is 0.379. The van der Waals surface area contributed by atoms with E-state index in [1.807, 2.05) is 0 Å². The van der Waals surface area contributed by atoms with Gasteiger partial charge in [0.05, 0.1) is 16.6 Å². The smallest absolute Gasteiger partial charge is 0.171 e. The number of carbonyl (C=O) groups is 2. The maximum atomic E-state index is 12.6. The Morgan fingerprint density at radius 1 is 1.08 bits per heavy atom. The van der Waals surface area contributed by atoms with Crippen LogP contribution in [0.15, 0.2) is 29.8 Å². The van der Waals surface area contributed by atoms with Crippen molar-refractivity contribution >= 4 is 27.9 Å². The van der Waals surface area contributed by atoms with Gasteiger partial charge in [-0.15, -0.1) is 0 Å². The van der Waals surface area contributed by atoms with E-state index < -0.39 is 5.60 Å². The summed E-state index contributed by atoms with van der Waals surface area (Å²) < 4.78 is 0. The van der Waals surface area contributed by atoms with Gasteiger partial charge >= 0.3 is 0 Å². The first-order chi connectivity index (χ1) is 11.3. The number of aromatic hydroxyl groups is 2. The van der Waals surface area contributed by atoms with Gasteiger partial charge in [0.25, 0.3) is 0 Å². The molecule has 0 saturated carbocycles. The first-order valence-electron chi connectivity index (χ1n) is 7.77. The molecule has 2 aliphatic rings. The van der Waals surface area contributed by atoms with Crippen LogP contribution < -0.4 is 0 Å². The van der Waals surface area contributed by atoms with E-state index in [1.165, 1.54) is 6.07 Å². The molecule has 0 spiro atoms. The molecule has 2 aliphatic carbocycles. The predicted octanol–water partition coefficient (Wildman–Crippen LogP) is 2.70. The molecular weight excluding hydrogens is 308 g/mol. The third-order valence-corrected chi connectivity index (χ3v) is 4.81. The van der Waals surface area contributed by atoms with E-state index >= 15 is 0 Å². The normalized spacial score (nSPS) is 23.4. The van der Waals surface area contributed by atoms with Crippen LogP contribution in [0.2, 0.25) is 0 Å². The quantitative estimate of drug-likeness (QED) is 0.692. The summed E-state index contributed by atoms with van der Waals surface area (Å²) in [6, 6.07) is 6.44. The zero-order chi connectivity index (χ0) is 17.2. The molecule has 0 bridgehead atoms. The molecule has 122 valence electrons. The number of ketones is 2. The molecule has 2 aromatic rings. The molecule has 2 aromatic carbocycles. The third-order valence-electron chi connectivity index (χ3n) is 4.81. The highest BCUT2D eigenvalue weighted by Crippen LogP contribution is 2.47. The highest BCUT2D eigenvalue weighted by molar-refractivity contribution is 6.29. The van der Waals surface area contributed by atoms with Crippen molar-refractivity contribution < 1.29 is 24.9 Å². The minimum Gasteiger partial charge on any atom is -0.507 e. The minimum absolute atomic E-state index is 0.00309. The fourth-order valence-corrected chi connectivity index (χ4v) is 3.91. The molecule has 4 rings (SSSR count). The lowest BCUT2D eigenvalue weighted by Gasteiger charge is -2.34. The van der Waals surface area contributed by atoms with Crippen LogP contribution in [0.4, 0.5) is 0 Å². The predicted molar refractivity (Wildman–Crippen MR) is 88.0 cm³/mol.